The highest BCUT2D eigenvalue weighted by Crippen LogP contribution is 2.17. The van der Waals surface area contributed by atoms with Gasteiger partial charge in [-0.1, -0.05) is 24.3 Å². The lowest BCUT2D eigenvalue weighted by molar-refractivity contribution is 0.0943. The maximum Gasteiger partial charge on any atom is 0.119 e. The van der Waals surface area contributed by atoms with Crippen LogP contribution < -0.4 is 4.74 Å². The lowest BCUT2D eigenvalue weighted by Crippen LogP contribution is -2.32. The molecular weight excluding hydrogens is 264 g/mol. The fourth-order valence-electron chi connectivity index (χ4n) is 2.15. The highest BCUT2D eigenvalue weighted by Gasteiger charge is 2.17. The molecule has 0 aliphatic carbocycles. The molecule has 4 heteroatoms. The summed E-state index contributed by atoms with van der Waals surface area (Å²) in [5, 5.41) is 0. The van der Waals surface area contributed by atoms with Crippen molar-refractivity contribution in [2.24, 2.45) is 0 Å². The average molecular weight is 286 g/mol. The molecule has 0 amide bonds. The fourth-order valence-corrected chi connectivity index (χ4v) is 2.15. The van der Waals surface area contributed by atoms with Gasteiger partial charge < -0.3 is 9.47 Å². The normalized spacial score (nSPS) is 12.3. The van der Waals surface area contributed by atoms with E-state index < -0.39 is 0 Å². The van der Waals surface area contributed by atoms with E-state index in [1.807, 2.05) is 54.7 Å². The zero-order valence-electron chi connectivity index (χ0n) is 12.6. The second-order valence-electron chi connectivity index (χ2n) is 4.87. The van der Waals surface area contributed by atoms with E-state index in [1.54, 1.807) is 7.11 Å². The molecule has 2 aromatic rings. The molecule has 1 aromatic heterocycles. The van der Waals surface area contributed by atoms with Gasteiger partial charge in [0.15, 0.2) is 0 Å². The van der Waals surface area contributed by atoms with Crippen molar-refractivity contribution in [3.8, 4) is 5.75 Å². The van der Waals surface area contributed by atoms with E-state index in [2.05, 4.69) is 16.9 Å². The molecule has 112 valence electrons. The van der Waals surface area contributed by atoms with E-state index in [-0.39, 0.29) is 6.04 Å². The largest absolute Gasteiger partial charge is 0.492 e. The van der Waals surface area contributed by atoms with Crippen molar-refractivity contribution in [2.45, 2.75) is 6.04 Å². The topological polar surface area (TPSA) is 34.6 Å². The minimum absolute atomic E-state index is 0.135. The summed E-state index contributed by atoms with van der Waals surface area (Å²) in [5.74, 6) is 0.895. The average Bonchev–Trinajstić information content (AvgIpc) is 2.54. The number of methoxy groups -OCH3 is 1. The van der Waals surface area contributed by atoms with Crippen LogP contribution in [0.4, 0.5) is 0 Å². The van der Waals surface area contributed by atoms with Crippen LogP contribution in [0.5, 0.6) is 5.75 Å². The van der Waals surface area contributed by atoms with Gasteiger partial charge in [-0.15, -0.1) is 0 Å². The smallest absolute Gasteiger partial charge is 0.119 e. The summed E-state index contributed by atoms with van der Waals surface area (Å²) >= 11 is 0. The van der Waals surface area contributed by atoms with Crippen LogP contribution in [0.25, 0.3) is 0 Å². The van der Waals surface area contributed by atoms with Crippen molar-refractivity contribution in [3.05, 3.63) is 60.4 Å². The Morgan fingerprint density at radius 1 is 1.10 bits per heavy atom. The van der Waals surface area contributed by atoms with Crippen LogP contribution in [-0.2, 0) is 4.74 Å². The Kier molecular flexibility index (Phi) is 6.19. The molecule has 1 heterocycles. The number of nitrogens with zero attached hydrogens (tertiary/aromatic N) is 2. The van der Waals surface area contributed by atoms with E-state index in [0.717, 1.165) is 18.0 Å². The first-order valence-corrected chi connectivity index (χ1v) is 7.09. The third-order valence-corrected chi connectivity index (χ3v) is 3.34. The molecular formula is C17H22N2O2. The molecule has 1 unspecified atom stereocenters. The number of likely N-dealkylation sites (N-methyl/N-ethyl adjacent to an activating group) is 1. The lowest BCUT2D eigenvalue weighted by atomic mass is 10.2. The van der Waals surface area contributed by atoms with Crippen molar-refractivity contribution >= 4 is 0 Å². The van der Waals surface area contributed by atoms with Gasteiger partial charge in [0.05, 0.1) is 18.3 Å². The van der Waals surface area contributed by atoms with Gasteiger partial charge in [0.25, 0.3) is 0 Å². The van der Waals surface area contributed by atoms with E-state index in [1.165, 1.54) is 0 Å². The van der Waals surface area contributed by atoms with Crippen LogP contribution in [0.2, 0.25) is 0 Å². The van der Waals surface area contributed by atoms with Crippen LogP contribution in [0.15, 0.2) is 54.7 Å². The summed E-state index contributed by atoms with van der Waals surface area (Å²) in [6.45, 7) is 2.05. The van der Waals surface area contributed by atoms with Crippen LogP contribution >= 0.6 is 0 Å². The Balaban J connectivity index is 1.88. The molecule has 4 nitrogen and oxygen atoms in total. The van der Waals surface area contributed by atoms with Crippen molar-refractivity contribution < 1.29 is 9.47 Å². The SMILES string of the molecule is COCC(c1ccccn1)N(C)CCOc1ccccc1. The van der Waals surface area contributed by atoms with Crippen LogP contribution in [0.1, 0.15) is 11.7 Å². The molecule has 21 heavy (non-hydrogen) atoms. The van der Waals surface area contributed by atoms with Crippen LogP contribution in [0.3, 0.4) is 0 Å². The van der Waals surface area contributed by atoms with Crippen LogP contribution in [-0.4, -0.2) is 43.8 Å². The lowest BCUT2D eigenvalue weighted by Gasteiger charge is -2.27. The molecule has 1 atom stereocenters. The summed E-state index contributed by atoms with van der Waals surface area (Å²) in [6, 6.07) is 15.9. The van der Waals surface area contributed by atoms with Gasteiger partial charge in [0, 0.05) is 19.9 Å². The van der Waals surface area contributed by atoms with Crippen molar-refractivity contribution in [3.63, 3.8) is 0 Å². The minimum Gasteiger partial charge on any atom is -0.492 e. The zero-order chi connectivity index (χ0) is 14.9. The predicted molar refractivity (Wildman–Crippen MR) is 83.4 cm³/mol. The fraction of sp³-hybridized carbons (Fsp3) is 0.353. The second kappa shape index (κ2) is 8.39. The van der Waals surface area contributed by atoms with E-state index in [0.29, 0.717) is 13.2 Å². The molecule has 0 N–H and O–H groups in total. The van der Waals surface area contributed by atoms with E-state index >= 15 is 0 Å². The molecule has 0 aliphatic rings. The highest BCUT2D eigenvalue weighted by atomic mass is 16.5. The number of para-hydroxylation sites is 1. The number of ether oxygens (including phenoxy) is 2. The quantitative estimate of drug-likeness (QED) is 0.747. The Labute approximate surface area is 126 Å². The van der Waals surface area contributed by atoms with Gasteiger partial charge in [-0.05, 0) is 31.3 Å². The Morgan fingerprint density at radius 3 is 2.52 bits per heavy atom. The Morgan fingerprint density at radius 2 is 1.86 bits per heavy atom. The van der Waals surface area contributed by atoms with Crippen molar-refractivity contribution in [1.29, 1.82) is 0 Å². The molecule has 0 aliphatic heterocycles. The zero-order valence-corrected chi connectivity index (χ0v) is 12.6. The van der Waals surface area contributed by atoms with Crippen molar-refractivity contribution in [1.82, 2.24) is 9.88 Å². The summed E-state index contributed by atoms with van der Waals surface area (Å²) in [5.41, 5.74) is 1.02. The predicted octanol–water partition coefficient (Wildman–Crippen LogP) is 2.78. The maximum absolute atomic E-state index is 5.74. The summed E-state index contributed by atoms with van der Waals surface area (Å²) in [4.78, 5) is 6.63. The standard InChI is InChI=1S/C17H22N2O2/c1-19(12-13-21-15-8-4-3-5-9-15)17(14-20-2)16-10-6-7-11-18-16/h3-11,17H,12-14H2,1-2H3. The summed E-state index contributed by atoms with van der Waals surface area (Å²) in [7, 11) is 3.77. The Bertz CT molecular complexity index is 505. The maximum atomic E-state index is 5.74. The second-order valence-corrected chi connectivity index (χ2v) is 4.87. The van der Waals surface area contributed by atoms with Crippen molar-refractivity contribution in [2.75, 3.05) is 33.9 Å². The highest BCUT2D eigenvalue weighted by molar-refractivity contribution is 5.20. The number of pyridine rings is 1. The van der Waals surface area contributed by atoms with Gasteiger partial charge >= 0.3 is 0 Å². The van der Waals surface area contributed by atoms with Gasteiger partial charge in [0.1, 0.15) is 12.4 Å². The number of hydrogen-bond acceptors (Lipinski definition) is 4. The number of benzene rings is 1. The number of aromatic nitrogens is 1. The molecule has 1 aromatic carbocycles. The van der Waals surface area contributed by atoms with Gasteiger partial charge in [-0.2, -0.15) is 0 Å². The molecule has 0 spiro atoms. The summed E-state index contributed by atoms with van der Waals surface area (Å²) in [6.07, 6.45) is 1.81. The van der Waals surface area contributed by atoms with Crippen LogP contribution in [0, 0.1) is 0 Å². The van der Waals surface area contributed by atoms with E-state index in [9.17, 15) is 0 Å². The first-order valence-electron chi connectivity index (χ1n) is 7.09. The minimum atomic E-state index is 0.135. The molecule has 2 rings (SSSR count). The third kappa shape index (κ3) is 4.85. The first-order chi connectivity index (χ1) is 10.3. The number of hydrogen-bond donors (Lipinski definition) is 0. The first kappa shape index (κ1) is 15.5. The van der Waals surface area contributed by atoms with Gasteiger partial charge in [-0.25, -0.2) is 0 Å². The molecule has 0 saturated carbocycles. The Hall–Kier alpha value is -1.91. The molecule has 0 fully saturated rings. The monoisotopic (exact) mass is 286 g/mol. The molecule has 0 bridgehead atoms. The van der Waals surface area contributed by atoms with Gasteiger partial charge in [0.2, 0.25) is 0 Å². The number of rotatable bonds is 8. The molecule has 0 saturated heterocycles. The third-order valence-electron chi connectivity index (χ3n) is 3.34. The van der Waals surface area contributed by atoms with Gasteiger partial charge in [-0.3, -0.25) is 9.88 Å². The van der Waals surface area contributed by atoms with E-state index in [4.69, 9.17) is 9.47 Å². The summed E-state index contributed by atoms with van der Waals surface area (Å²) < 4.78 is 11.1. The molecule has 0 radical (unpaired) electrons.